The molecule has 0 aliphatic heterocycles. The maximum absolute atomic E-state index is 13.8. The fraction of sp³-hybridized carbons (Fsp3) is 0.412. The Bertz CT molecular complexity index is 1040. The molecule has 0 saturated heterocycles. The van der Waals surface area contributed by atoms with Gasteiger partial charge < -0.3 is 0 Å². The number of nitrogens with one attached hydrogen (secondary N) is 1. The molecule has 3 rings (SSSR count). The number of hydrogen-bond donors (Lipinski definition) is 1. The minimum atomic E-state index is -3.92. The van der Waals surface area contributed by atoms with Crippen LogP contribution in [0.5, 0.6) is 0 Å². The Morgan fingerprint density at radius 3 is 2.50 bits per heavy atom. The van der Waals surface area contributed by atoms with Crippen molar-refractivity contribution in [2.45, 2.75) is 51.1 Å². The monoisotopic (exact) mass is 396 g/mol. The van der Waals surface area contributed by atoms with Gasteiger partial charge in [0.15, 0.2) is 5.03 Å². The van der Waals surface area contributed by atoms with Crippen LogP contribution in [-0.4, -0.2) is 23.0 Å². The SMILES string of the molecule is CC(C)c1nn2c(S(=O)(=O)NCc3ccccc3F)c(C(C)C)nc2s1. The molecule has 1 N–H and O–H groups in total. The molecule has 0 amide bonds. The van der Waals surface area contributed by atoms with Crippen molar-refractivity contribution >= 4 is 26.3 Å². The summed E-state index contributed by atoms with van der Waals surface area (Å²) in [7, 11) is -3.92. The molecule has 140 valence electrons. The molecule has 0 spiro atoms. The number of fused-ring (bicyclic) bond motifs is 1. The average molecular weight is 397 g/mol. The Kier molecular flexibility index (Phi) is 5.14. The Morgan fingerprint density at radius 1 is 1.19 bits per heavy atom. The van der Waals surface area contributed by atoms with Crippen LogP contribution in [0.25, 0.3) is 4.96 Å². The first-order valence-electron chi connectivity index (χ1n) is 8.33. The lowest BCUT2D eigenvalue weighted by atomic mass is 10.2. The van der Waals surface area contributed by atoms with Gasteiger partial charge in [-0.3, -0.25) is 0 Å². The van der Waals surface area contributed by atoms with Gasteiger partial charge in [0, 0.05) is 18.0 Å². The van der Waals surface area contributed by atoms with Gasteiger partial charge in [-0.25, -0.2) is 22.5 Å². The van der Waals surface area contributed by atoms with E-state index in [9.17, 15) is 12.8 Å². The van der Waals surface area contributed by atoms with Gasteiger partial charge in [0.1, 0.15) is 10.8 Å². The van der Waals surface area contributed by atoms with Crippen LogP contribution in [0.3, 0.4) is 0 Å². The van der Waals surface area contributed by atoms with Gasteiger partial charge in [0.25, 0.3) is 10.0 Å². The van der Waals surface area contributed by atoms with Crippen molar-refractivity contribution in [1.29, 1.82) is 0 Å². The molecule has 0 bridgehead atoms. The van der Waals surface area contributed by atoms with Gasteiger partial charge in [-0.15, -0.1) is 0 Å². The van der Waals surface area contributed by atoms with E-state index in [1.807, 2.05) is 27.7 Å². The summed E-state index contributed by atoms with van der Waals surface area (Å²) in [6, 6.07) is 6.08. The van der Waals surface area contributed by atoms with Gasteiger partial charge in [0.05, 0.1) is 5.69 Å². The van der Waals surface area contributed by atoms with Gasteiger partial charge in [-0.1, -0.05) is 57.2 Å². The Balaban J connectivity index is 2.03. The van der Waals surface area contributed by atoms with Crippen molar-refractivity contribution < 1.29 is 12.8 Å². The second kappa shape index (κ2) is 7.05. The molecule has 6 nitrogen and oxygen atoms in total. The van der Waals surface area contributed by atoms with Crippen molar-refractivity contribution in [3.8, 4) is 0 Å². The molecule has 3 aromatic rings. The Hall–Kier alpha value is -1.84. The smallest absolute Gasteiger partial charge is 0.221 e. The lowest BCUT2D eigenvalue weighted by molar-refractivity contribution is 0.563. The first kappa shape index (κ1) is 18.9. The fourth-order valence-electron chi connectivity index (χ4n) is 2.50. The van der Waals surface area contributed by atoms with Gasteiger partial charge >= 0.3 is 0 Å². The molecule has 0 unspecified atom stereocenters. The number of rotatable bonds is 6. The van der Waals surface area contributed by atoms with Crippen molar-refractivity contribution in [2.24, 2.45) is 0 Å². The normalized spacial score (nSPS) is 12.6. The lowest BCUT2D eigenvalue weighted by Gasteiger charge is -2.10. The third kappa shape index (κ3) is 3.51. The molecule has 2 heterocycles. The Morgan fingerprint density at radius 2 is 1.88 bits per heavy atom. The topological polar surface area (TPSA) is 76.4 Å². The molecule has 2 aromatic heterocycles. The van der Waals surface area contributed by atoms with Crippen LogP contribution in [0, 0.1) is 5.82 Å². The zero-order valence-corrected chi connectivity index (χ0v) is 16.7. The average Bonchev–Trinajstić information content (AvgIpc) is 3.11. The van der Waals surface area contributed by atoms with Crippen LogP contribution in [0.1, 0.15) is 55.8 Å². The number of hydrogen-bond acceptors (Lipinski definition) is 5. The van der Waals surface area contributed by atoms with E-state index >= 15 is 0 Å². The van der Waals surface area contributed by atoms with E-state index in [0.717, 1.165) is 5.01 Å². The van der Waals surface area contributed by atoms with E-state index in [2.05, 4.69) is 14.8 Å². The first-order chi connectivity index (χ1) is 12.2. The molecule has 0 aliphatic carbocycles. The molecule has 26 heavy (non-hydrogen) atoms. The summed E-state index contributed by atoms with van der Waals surface area (Å²) in [5.41, 5.74) is 0.740. The summed E-state index contributed by atoms with van der Waals surface area (Å²) < 4.78 is 43.6. The van der Waals surface area contributed by atoms with E-state index in [-0.39, 0.29) is 29.0 Å². The second-order valence-electron chi connectivity index (χ2n) is 6.66. The lowest BCUT2D eigenvalue weighted by Crippen LogP contribution is -2.26. The highest BCUT2D eigenvalue weighted by Gasteiger charge is 2.29. The predicted molar refractivity (Wildman–Crippen MR) is 99.5 cm³/mol. The van der Waals surface area contributed by atoms with E-state index in [4.69, 9.17) is 0 Å². The van der Waals surface area contributed by atoms with Crippen molar-refractivity contribution in [1.82, 2.24) is 19.3 Å². The summed E-state index contributed by atoms with van der Waals surface area (Å²) in [5, 5.41) is 5.28. The molecule has 0 saturated carbocycles. The van der Waals surface area contributed by atoms with Crippen molar-refractivity contribution in [3.63, 3.8) is 0 Å². The molecule has 0 aliphatic rings. The third-order valence-corrected chi connectivity index (χ3v) is 6.53. The number of halogens is 1. The summed E-state index contributed by atoms with van der Waals surface area (Å²) >= 11 is 1.38. The van der Waals surface area contributed by atoms with E-state index < -0.39 is 15.8 Å². The maximum Gasteiger partial charge on any atom is 0.260 e. The number of imidazole rings is 1. The molecule has 9 heteroatoms. The highest BCUT2D eigenvalue weighted by atomic mass is 32.2. The standard InChI is InChI=1S/C17H21FN4O2S2/c1-10(2)14-16(22-17(20-14)25-15(21-22)11(3)4)26(23,24)19-9-12-7-5-6-8-13(12)18/h5-8,10-11,19H,9H2,1-4H3. The number of nitrogens with zero attached hydrogens (tertiary/aromatic N) is 3. The van der Waals surface area contributed by atoms with Gasteiger partial charge in [-0.2, -0.15) is 9.61 Å². The minimum absolute atomic E-state index is 0.0296. The summed E-state index contributed by atoms with van der Waals surface area (Å²) in [6.45, 7) is 7.61. The van der Waals surface area contributed by atoms with Crippen molar-refractivity contribution in [2.75, 3.05) is 0 Å². The van der Waals surface area contributed by atoms with E-state index in [1.165, 1.54) is 21.9 Å². The van der Waals surface area contributed by atoms with Gasteiger partial charge in [-0.05, 0) is 12.0 Å². The third-order valence-electron chi connectivity index (χ3n) is 3.91. The molecular formula is C17H21FN4O2S2. The summed E-state index contributed by atoms with van der Waals surface area (Å²) in [4.78, 5) is 5.02. The van der Waals surface area contributed by atoms with Crippen LogP contribution < -0.4 is 4.72 Å². The summed E-state index contributed by atoms with van der Waals surface area (Å²) in [6.07, 6.45) is 0. The first-order valence-corrected chi connectivity index (χ1v) is 10.6. The van der Waals surface area contributed by atoms with Gasteiger partial charge in [0.2, 0.25) is 4.96 Å². The second-order valence-corrected chi connectivity index (χ2v) is 9.33. The highest BCUT2D eigenvalue weighted by molar-refractivity contribution is 7.89. The van der Waals surface area contributed by atoms with Crippen LogP contribution in [0.4, 0.5) is 4.39 Å². The predicted octanol–water partition coefficient (Wildman–Crippen LogP) is 3.66. The minimum Gasteiger partial charge on any atom is -0.221 e. The van der Waals surface area contributed by atoms with E-state index in [1.54, 1.807) is 18.2 Å². The maximum atomic E-state index is 13.8. The molecule has 1 aromatic carbocycles. The number of aromatic nitrogens is 3. The molecule has 0 radical (unpaired) electrons. The zero-order chi connectivity index (χ0) is 19.1. The van der Waals surface area contributed by atoms with Crippen LogP contribution >= 0.6 is 11.3 Å². The van der Waals surface area contributed by atoms with Crippen molar-refractivity contribution in [3.05, 3.63) is 46.3 Å². The fourth-order valence-corrected chi connectivity index (χ4v) is 4.86. The van der Waals surface area contributed by atoms with Crippen LogP contribution in [-0.2, 0) is 16.6 Å². The quantitative estimate of drug-likeness (QED) is 0.690. The largest absolute Gasteiger partial charge is 0.260 e. The number of benzene rings is 1. The number of sulfonamides is 1. The van der Waals surface area contributed by atoms with E-state index in [0.29, 0.717) is 10.7 Å². The molecule has 0 atom stereocenters. The van der Waals surface area contributed by atoms with Crippen LogP contribution in [0.15, 0.2) is 29.3 Å². The van der Waals surface area contributed by atoms with Crippen LogP contribution in [0.2, 0.25) is 0 Å². The molecule has 0 fully saturated rings. The zero-order valence-electron chi connectivity index (χ0n) is 15.0. The molecular weight excluding hydrogens is 375 g/mol. The Labute approximate surface area is 156 Å². The highest BCUT2D eigenvalue weighted by Crippen LogP contribution is 2.29. The summed E-state index contributed by atoms with van der Waals surface area (Å²) in [5.74, 6) is -0.369.